The fraction of sp³-hybridized carbons (Fsp3) is 0.176. The van der Waals surface area contributed by atoms with E-state index in [1.165, 1.54) is 24.3 Å². The summed E-state index contributed by atoms with van der Waals surface area (Å²) in [7, 11) is 0. The van der Waals surface area contributed by atoms with Crippen molar-refractivity contribution in [1.82, 2.24) is 0 Å². The van der Waals surface area contributed by atoms with Gasteiger partial charge in [0.2, 0.25) is 0 Å². The second-order valence-electron chi connectivity index (χ2n) is 5.08. The van der Waals surface area contributed by atoms with Gasteiger partial charge in [0.15, 0.2) is 6.10 Å². The number of nitrogens with one attached hydrogen (secondary N) is 1. The average molecular weight is 315 g/mol. The summed E-state index contributed by atoms with van der Waals surface area (Å²) < 4.78 is 23.4. The summed E-state index contributed by atoms with van der Waals surface area (Å²) in [5.74, 6) is -0.786. The Balaban J connectivity index is 1.56. The number of benzene rings is 2. The lowest BCUT2D eigenvalue weighted by molar-refractivity contribution is -0.149. The minimum atomic E-state index is -0.925. The van der Waals surface area contributed by atoms with Crippen LogP contribution in [0, 0.1) is 5.82 Å². The molecule has 118 valence electrons. The number of hydrogen-bond acceptors (Lipinski definition) is 4. The molecule has 1 atom stereocenters. The van der Waals surface area contributed by atoms with Crippen molar-refractivity contribution < 1.29 is 23.5 Å². The number of fused-ring (bicyclic) bond motifs is 1. The van der Waals surface area contributed by atoms with Crippen LogP contribution in [0.4, 0.5) is 10.1 Å². The summed E-state index contributed by atoms with van der Waals surface area (Å²) in [6.07, 6.45) is -1.12. The standard InChI is InChI=1S/C17H14FNO4/c18-12-7-5-11(6-8-12)10-22-16(20)9-15-17(21)19-13-3-1-2-4-14(13)23-15/h1-8,15H,9-10H2,(H,19,21). The van der Waals surface area contributed by atoms with Gasteiger partial charge in [0.1, 0.15) is 18.2 Å². The van der Waals surface area contributed by atoms with Crippen molar-refractivity contribution in [3.8, 4) is 5.75 Å². The summed E-state index contributed by atoms with van der Waals surface area (Å²) in [5.41, 5.74) is 1.24. The molecule has 1 aliphatic heterocycles. The van der Waals surface area contributed by atoms with Crippen LogP contribution < -0.4 is 10.1 Å². The Morgan fingerprint density at radius 3 is 2.70 bits per heavy atom. The van der Waals surface area contributed by atoms with Crippen LogP contribution in [-0.4, -0.2) is 18.0 Å². The van der Waals surface area contributed by atoms with Crippen molar-refractivity contribution in [2.75, 3.05) is 5.32 Å². The van der Waals surface area contributed by atoms with Crippen LogP contribution >= 0.6 is 0 Å². The van der Waals surface area contributed by atoms with Gasteiger partial charge in [-0.15, -0.1) is 0 Å². The highest BCUT2D eigenvalue weighted by Crippen LogP contribution is 2.29. The van der Waals surface area contributed by atoms with Gasteiger partial charge in [0, 0.05) is 0 Å². The van der Waals surface area contributed by atoms with E-state index in [0.29, 0.717) is 17.0 Å². The SMILES string of the molecule is O=C(CC1Oc2ccccc2NC1=O)OCc1ccc(F)cc1. The normalized spacial score (nSPS) is 16.0. The summed E-state index contributed by atoms with van der Waals surface area (Å²) in [4.78, 5) is 23.8. The number of carbonyl (C=O) groups excluding carboxylic acids is 2. The number of hydrogen-bond donors (Lipinski definition) is 1. The molecule has 0 bridgehead atoms. The second-order valence-corrected chi connectivity index (χ2v) is 5.08. The summed E-state index contributed by atoms with van der Waals surface area (Å²) in [5, 5.41) is 2.68. The molecule has 23 heavy (non-hydrogen) atoms. The Labute approximate surface area is 132 Å². The first-order chi connectivity index (χ1) is 11.1. The first-order valence-corrected chi connectivity index (χ1v) is 7.08. The maximum absolute atomic E-state index is 12.8. The maximum atomic E-state index is 12.8. The van der Waals surface area contributed by atoms with Crippen molar-refractivity contribution >= 4 is 17.6 Å². The molecule has 0 aliphatic carbocycles. The summed E-state index contributed by atoms with van der Waals surface area (Å²) >= 11 is 0. The van der Waals surface area contributed by atoms with Gasteiger partial charge < -0.3 is 14.8 Å². The van der Waals surface area contributed by atoms with E-state index in [9.17, 15) is 14.0 Å². The van der Waals surface area contributed by atoms with Crippen LogP contribution in [0.1, 0.15) is 12.0 Å². The highest BCUT2D eigenvalue weighted by atomic mass is 19.1. The van der Waals surface area contributed by atoms with Gasteiger partial charge in [-0.05, 0) is 29.8 Å². The van der Waals surface area contributed by atoms with Crippen molar-refractivity contribution in [3.05, 3.63) is 59.9 Å². The Morgan fingerprint density at radius 1 is 1.17 bits per heavy atom. The number of carbonyl (C=O) groups is 2. The minimum absolute atomic E-state index is 0.0179. The van der Waals surface area contributed by atoms with E-state index >= 15 is 0 Å². The molecule has 2 aromatic rings. The van der Waals surface area contributed by atoms with E-state index in [4.69, 9.17) is 9.47 Å². The second kappa shape index (κ2) is 6.48. The van der Waals surface area contributed by atoms with Crippen LogP contribution in [0.3, 0.4) is 0 Å². The van der Waals surface area contributed by atoms with E-state index < -0.39 is 12.1 Å². The molecule has 0 spiro atoms. The lowest BCUT2D eigenvalue weighted by atomic mass is 10.1. The highest BCUT2D eigenvalue weighted by molar-refractivity contribution is 5.99. The van der Waals surface area contributed by atoms with Gasteiger partial charge in [-0.1, -0.05) is 24.3 Å². The molecule has 1 aliphatic rings. The van der Waals surface area contributed by atoms with E-state index in [-0.39, 0.29) is 24.8 Å². The first kappa shape index (κ1) is 15.0. The molecule has 0 fully saturated rings. The molecular weight excluding hydrogens is 301 g/mol. The molecule has 0 radical (unpaired) electrons. The first-order valence-electron chi connectivity index (χ1n) is 7.08. The van der Waals surface area contributed by atoms with Crippen LogP contribution in [0.25, 0.3) is 0 Å². The fourth-order valence-electron chi connectivity index (χ4n) is 2.18. The molecule has 6 heteroatoms. The molecule has 1 amide bonds. The zero-order valence-electron chi connectivity index (χ0n) is 12.1. The fourth-order valence-corrected chi connectivity index (χ4v) is 2.18. The number of amides is 1. The van der Waals surface area contributed by atoms with E-state index in [2.05, 4.69) is 5.32 Å². The topological polar surface area (TPSA) is 64.6 Å². The molecule has 0 saturated heterocycles. The third kappa shape index (κ3) is 3.66. The molecule has 0 aromatic heterocycles. The highest BCUT2D eigenvalue weighted by Gasteiger charge is 2.30. The largest absolute Gasteiger partial charge is 0.478 e. The number of para-hydroxylation sites is 2. The van der Waals surface area contributed by atoms with Gasteiger partial charge in [0.25, 0.3) is 5.91 Å². The Morgan fingerprint density at radius 2 is 1.91 bits per heavy atom. The Hall–Kier alpha value is -2.89. The lowest BCUT2D eigenvalue weighted by Crippen LogP contribution is -2.38. The van der Waals surface area contributed by atoms with Crippen LogP contribution in [0.15, 0.2) is 48.5 Å². The van der Waals surface area contributed by atoms with Gasteiger partial charge in [-0.25, -0.2) is 4.39 Å². The zero-order chi connectivity index (χ0) is 16.2. The molecule has 1 unspecified atom stereocenters. The van der Waals surface area contributed by atoms with Crippen molar-refractivity contribution in [1.29, 1.82) is 0 Å². The predicted octanol–water partition coefficient (Wildman–Crippen LogP) is 2.66. The molecule has 5 nitrogen and oxygen atoms in total. The average Bonchev–Trinajstić information content (AvgIpc) is 2.55. The molecule has 2 aromatic carbocycles. The predicted molar refractivity (Wildman–Crippen MR) is 80.3 cm³/mol. The maximum Gasteiger partial charge on any atom is 0.310 e. The number of ether oxygens (including phenoxy) is 2. The van der Waals surface area contributed by atoms with Crippen LogP contribution in [0.2, 0.25) is 0 Å². The summed E-state index contributed by atoms with van der Waals surface area (Å²) in [6.45, 7) is 0.0179. The zero-order valence-corrected chi connectivity index (χ0v) is 12.1. The summed E-state index contributed by atoms with van der Waals surface area (Å²) in [6, 6.07) is 12.6. The smallest absolute Gasteiger partial charge is 0.310 e. The quantitative estimate of drug-likeness (QED) is 0.881. The molecule has 0 saturated carbocycles. The number of esters is 1. The lowest BCUT2D eigenvalue weighted by Gasteiger charge is -2.25. The monoisotopic (exact) mass is 315 g/mol. The molecule has 3 rings (SSSR count). The minimum Gasteiger partial charge on any atom is -0.478 e. The number of halogens is 1. The number of anilines is 1. The van der Waals surface area contributed by atoms with Crippen LogP contribution in [-0.2, 0) is 20.9 Å². The molecular formula is C17H14FNO4. The molecule has 1 N–H and O–H groups in total. The van der Waals surface area contributed by atoms with Gasteiger partial charge >= 0.3 is 5.97 Å². The third-order valence-corrected chi connectivity index (χ3v) is 3.37. The molecule has 1 heterocycles. The van der Waals surface area contributed by atoms with Crippen molar-refractivity contribution in [3.63, 3.8) is 0 Å². The van der Waals surface area contributed by atoms with E-state index in [1.54, 1.807) is 24.3 Å². The third-order valence-electron chi connectivity index (χ3n) is 3.37. The van der Waals surface area contributed by atoms with Gasteiger partial charge in [0.05, 0.1) is 12.1 Å². The Kier molecular flexibility index (Phi) is 4.23. The van der Waals surface area contributed by atoms with Crippen LogP contribution in [0.5, 0.6) is 5.75 Å². The van der Waals surface area contributed by atoms with E-state index in [0.717, 1.165) is 0 Å². The van der Waals surface area contributed by atoms with Crippen molar-refractivity contribution in [2.45, 2.75) is 19.1 Å². The van der Waals surface area contributed by atoms with Crippen molar-refractivity contribution in [2.24, 2.45) is 0 Å². The van der Waals surface area contributed by atoms with Gasteiger partial charge in [-0.2, -0.15) is 0 Å². The Bertz CT molecular complexity index is 730. The number of rotatable bonds is 4. The van der Waals surface area contributed by atoms with E-state index in [1.807, 2.05) is 0 Å². The van der Waals surface area contributed by atoms with Gasteiger partial charge in [-0.3, -0.25) is 9.59 Å².